The van der Waals surface area contributed by atoms with E-state index in [1.54, 1.807) is 7.11 Å². The maximum Gasteiger partial charge on any atom is 0.143 e. The summed E-state index contributed by atoms with van der Waals surface area (Å²) in [6.07, 6.45) is -0.752. The largest absolute Gasteiger partial charge is 0.497 e. The number of para-hydroxylation sites is 2. The molecule has 1 aromatic heterocycles. The number of methoxy groups -OCH3 is 1. The molecular formula is C16H16N2O2. The number of fused-ring (bicyclic) bond motifs is 1. The van der Waals surface area contributed by atoms with Gasteiger partial charge < -0.3 is 14.4 Å². The molecule has 0 fully saturated rings. The Morgan fingerprint density at radius 1 is 1.10 bits per heavy atom. The van der Waals surface area contributed by atoms with Crippen molar-refractivity contribution in [2.24, 2.45) is 7.05 Å². The summed E-state index contributed by atoms with van der Waals surface area (Å²) >= 11 is 0. The summed E-state index contributed by atoms with van der Waals surface area (Å²) in [7, 11) is 3.54. The highest BCUT2D eigenvalue weighted by Gasteiger charge is 2.17. The highest BCUT2D eigenvalue weighted by Crippen LogP contribution is 2.25. The average Bonchev–Trinajstić information content (AvgIpc) is 2.84. The summed E-state index contributed by atoms with van der Waals surface area (Å²) in [5.74, 6) is 1.40. The van der Waals surface area contributed by atoms with Crippen LogP contribution < -0.4 is 4.74 Å². The van der Waals surface area contributed by atoms with E-state index in [2.05, 4.69) is 4.98 Å². The number of hydrogen-bond acceptors (Lipinski definition) is 3. The Kier molecular flexibility index (Phi) is 3.16. The van der Waals surface area contributed by atoms with E-state index in [1.165, 1.54) is 0 Å². The van der Waals surface area contributed by atoms with Gasteiger partial charge in [0, 0.05) is 7.05 Å². The molecule has 3 aromatic rings. The van der Waals surface area contributed by atoms with Crippen molar-refractivity contribution in [2.45, 2.75) is 6.10 Å². The molecule has 20 heavy (non-hydrogen) atoms. The van der Waals surface area contributed by atoms with Gasteiger partial charge in [0.25, 0.3) is 0 Å². The van der Waals surface area contributed by atoms with E-state index in [9.17, 15) is 5.11 Å². The van der Waals surface area contributed by atoms with E-state index in [4.69, 9.17) is 4.74 Å². The van der Waals surface area contributed by atoms with E-state index >= 15 is 0 Å². The lowest BCUT2D eigenvalue weighted by Gasteiger charge is -2.11. The van der Waals surface area contributed by atoms with Crippen LogP contribution in [0.3, 0.4) is 0 Å². The first kappa shape index (κ1) is 12.7. The van der Waals surface area contributed by atoms with Crippen molar-refractivity contribution in [1.82, 2.24) is 9.55 Å². The zero-order valence-electron chi connectivity index (χ0n) is 11.4. The van der Waals surface area contributed by atoms with Crippen molar-refractivity contribution in [1.29, 1.82) is 0 Å². The van der Waals surface area contributed by atoms with Gasteiger partial charge in [-0.25, -0.2) is 4.98 Å². The van der Waals surface area contributed by atoms with Crippen LogP contribution in [0.4, 0.5) is 0 Å². The summed E-state index contributed by atoms with van der Waals surface area (Å²) in [5.41, 5.74) is 2.69. The number of nitrogens with zero attached hydrogens (tertiary/aromatic N) is 2. The molecule has 102 valence electrons. The first-order chi connectivity index (χ1) is 9.70. The zero-order chi connectivity index (χ0) is 14.1. The third-order valence-electron chi connectivity index (χ3n) is 3.50. The number of benzene rings is 2. The normalized spacial score (nSPS) is 12.6. The number of aryl methyl sites for hydroxylation is 1. The van der Waals surface area contributed by atoms with Gasteiger partial charge in [0.05, 0.1) is 18.1 Å². The van der Waals surface area contributed by atoms with Crippen molar-refractivity contribution < 1.29 is 9.84 Å². The van der Waals surface area contributed by atoms with E-state index in [-0.39, 0.29) is 0 Å². The molecule has 0 aliphatic rings. The van der Waals surface area contributed by atoms with Crippen LogP contribution in [0.15, 0.2) is 48.5 Å². The fourth-order valence-electron chi connectivity index (χ4n) is 2.34. The first-order valence-electron chi connectivity index (χ1n) is 6.44. The van der Waals surface area contributed by atoms with Crippen LogP contribution in [-0.4, -0.2) is 21.8 Å². The van der Waals surface area contributed by atoms with Gasteiger partial charge in [-0.3, -0.25) is 0 Å². The first-order valence-corrected chi connectivity index (χ1v) is 6.44. The van der Waals surface area contributed by atoms with Gasteiger partial charge >= 0.3 is 0 Å². The minimum atomic E-state index is -0.752. The molecule has 1 atom stereocenters. The predicted molar refractivity (Wildman–Crippen MR) is 77.8 cm³/mol. The summed E-state index contributed by atoms with van der Waals surface area (Å²) in [6, 6.07) is 15.2. The van der Waals surface area contributed by atoms with E-state index < -0.39 is 6.10 Å². The van der Waals surface area contributed by atoms with Gasteiger partial charge in [0.15, 0.2) is 0 Å². The Labute approximate surface area is 117 Å². The Morgan fingerprint density at radius 3 is 2.45 bits per heavy atom. The van der Waals surface area contributed by atoms with Gasteiger partial charge in [0.2, 0.25) is 0 Å². The smallest absolute Gasteiger partial charge is 0.143 e. The molecule has 0 saturated carbocycles. The number of imidazole rings is 1. The van der Waals surface area contributed by atoms with Gasteiger partial charge in [-0.15, -0.1) is 0 Å². The fourth-order valence-corrected chi connectivity index (χ4v) is 2.34. The van der Waals surface area contributed by atoms with Crippen molar-refractivity contribution in [3.63, 3.8) is 0 Å². The van der Waals surface area contributed by atoms with Crippen LogP contribution in [0.5, 0.6) is 5.75 Å². The molecule has 4 heteroatoms. The topological polar surface area (TPSA) is 47.3 Å². The van der Waals surface area contributed by atoms with Crippen LogP contribution in [0.25, 0.3) is 11.0 Å². The van der Waals surface area contributed by atoms with Crippen molar-refractivity contribution >= 4 is 11.0 Å². The van der Waals surface area contributed by atoms with Gasteiger partial charge in [-0.05, 0) is 29.8 Å². The molecule has 0 aliphatic carbocycles. The maximum absolute atomic E-state index is 10.5. The molecule has 0 amide bonds. The molecule has 0 aliphatic heterocycles. The standard InChI is InChI=1S/C16H16N2O2/c1-18-14-6-4-3-5-13(14)17-16(18)15(19)11-7-9-12(20-2)10-8-11/h3-10,15,19H,1-2H3. The molecule has 1 heterocycles. The van der Waals surface area contributed by atoms with Crippen molar-refractivity contribution in [3.8, 4) is 5.75 Å². The number of aliphatic hydroxyl groups is 1. The third-order valence-corrected chi connectivity index (χ3v) is 3.50. The van der Waals surface area contributed by atoms with Crippen LogP contribution in [0.1, 0.15) is 17.5 Å². The third kappa shape index (κ3) is 2.04. The lowest BCUT2D eigenvalue weighted by molar-refractivity contribution is 0.207. The van der Waals surface area contributed by atoms with Gasteiger partial charge in [-0.2, -0.15) is 0 Å². The van der Waals surface area contributed by atoms with Crippen molar-refractivity contribution in [3.05, 3.63) is 59.9 Å². The van der Waals surface area contributed by atoms with Gasteiger partial charge in [0.1, 0.15) is 17.7 Å². The van der Waals surface area contributed by atoms with E-state index in [1.807, 2.05) is 60.1 Å². The van der Waals surface area contributed by atoms with E-state index in [0.717, 1.165) is 22.3 Å². The molecule has 3 rings (SSSR count). The van der Waals surface area contributed by atoms with Crippen LogP contribution in [0.2, 0.25) is 0 Å². The lowest BCUT2D eigenvalue weighted by Crippen LogP contribution is -2.07. The highest BCUT2D eigenvalue weighted by molar-refractivity contribution is 5.76. The predicted octanol–water partition coefficient (Wildman–Crippen LogP) is 2.66. The molecule has 0 radical (unpaired) electrons. The van der Waals surface area contributed by atoms with Crippen LogP contribution >= 0.6 is 0 Å². The molecule has 4 nitrogen and oxygen atoms in total. The van der Waals surface area contributed by atoms with Gasteiger partial charge in [-0.1, -0.05) is 24.3 Å². The molecular weight excluding hydrogens is 252 g/mol. The minimum Gasteiger partial charge on any atom is -0.497 e. The van der Waals surface area contributed by atoms with Crippen molar-refractivity contribution in [2.75, 3.05) is 7.11 Å². The summed E-state index contributed by atoms with van der Waals surface area (Å²) in [4.78, 5) is 4.51. The molecule has 0 spiro atoms. The summed E-state index contributed by atoms with van der Waals surface area (Å²) in [6.45, 7) is 0. The number of aromatic nitrogens is 2. The Balaban J connectivity index is 2.02. The average molecular weight is 268 g/mol. The monoisotopic (exact) mass is 268 g/mol. The summed E-state index contributed by atoms with van der Waals surface area (Å²) in [5, 5.41) is 10.5. The van der Waals surface area contributed by atoms with Crippen LogP contribution in [-0.2, 0) is 7.05 Å². The Morgan fingerprint density at radius 2 is 1.80 bits per heavy atom. The minimum absolute atomic E-state index is 0.636. The maximum atomic E-state index is 10.5. The number of hydrogen-bond donors (Lipinski definition) is 1. The molecule has 2 aromatic carbocycles. The molecule has 0 saturated heterocycles. The summed E-state index contributed by atoms with van der Waals surface area (Å²) < 4.78 is 7.04. The Bertz CT molecular complexity index is 732. The lowest BCUT2D eigenvalue weighted by atomic mass is 10.1. The quantitative estimate of drug-likeness (QED) is 0.794. The van der Waals surface area contributed by atoms with Crippen LogP contribution in [0, 0.1) is 0 Å². The number of ether oxygens (including phenoxy) is 1. The highest BCUT2D eigenvalue weighted by atomic mass is 16.5. The molecule has 0 bridgehead atoms. The second-order valence-electron chi connectivity index (χ2n) is 4.69. The van der Waals surface area contributed by atoms with E-state index in [0.29, 0.717) is 5.82 Å². The molecule has 1 unspecified atom stereocenters. The zero-order valence-corrected chi connectivity index (χ0v) is 11.4. The molecule has 1 N–H and O–H groups in total. The second-order valence-corrected chi connectivity index (χ2v) is 4.69. The second kappa shape index (κ2) is 4.98. The number of aliphatic hydroxyl groups excluding tert-OH is 1. The fraction of sp³-hybridized carbons (Fsp3) is 0.188. The number of rotatable bonds is 3. The Hall–Kier alpha value is -2.33. The SMILES string of the molecule is COc1ccc(C(O)c2nc3ccccc3n2C)cc1.